The fourth-order valence-electron chi connectivity index (χ4n) is 0.901. The first-order valence-corrected chi connectivity index (χ1v) is 4.60. The van der Waals surface area contributed by atoms with Crippen LogP contribution in [-0.2, 0) is 9.59 Å². The average molecular weight is 224 g/mol. The van der Waals surface area contributed by atoms with Gasteiger partial charge in [-0.25, -0.2) is 0 Å². The maximum absolute atomic E-state index is 11.1. The molecular formula is C9H12N4O3. The number of nitrogens with zero attached hydrogens (tertiary/aromatic N) is 2. The molecule has 0 radical (unpaired) electrons. The molecule has 16 heavy (non-hydrogen) atoms. The van der Waals surface area contributed by atoms with Gasteiger partial charge >= 0.3 is 5.97 Å². The Morgan fingerprint density at radius 2 is 2.06 bits per heavy atom. The second-order valence-electron chi connectivity index (χ2n) is 3.08. The third kappa shape index (κ3) is 4.36. The van der Waals surface area contributed by atoms with E-state index in [1.807, 2.05) is 0 Å². The minimum atomic E-state index is -1.08. The van der Waals surface area contributed by atoms with Crippen LogP contribution in [0.3, 0.4) is 0 Å². The summed E-state index contributed by atoms with van der Waals surface area (Å²) in [6, 6.07) is 3.44. The van der Waals surface area contributed by atoms with Crippen molar-refractivity contribution in [2.45, 2.75) is 6.92 Å². The van der Waals surface area contributed by atoms with Gasteiger partial charge in [0.15, 0.2) is 0 Å². The van der Waals surface area contributed by atoms with Gasteiger partial charge in [0.1, 0.15) is 12.4 Å². The van der Waals surface area contributed by atoms with Gasteiger partial charge in [-0.2, -0.15) is 5.10 Å². The number of hydrogen-bond acceptors (Lipinski definition) is 5. The SMILES string of the molecule is Cc1ccc(NCC(=O)NCC(=O)O)nn1. The van der Waals surface area contributed by atoms with E-state index in [0.717, 1.165) is 5.69 Å². The lowest BCUT2D eigenvalue weighted by molar-refractivity contribution is -0.137. The second kappa shape index (κ2) is 5.64. The number of hydrogen-bond donors (Lipinski definition) is 3. The molecule has 0 saturated carbocycles. The number of aryl methyl sites for hydroxylation is 1. The van der Waals surface area contributed by atoms with Crippen LogP contribution in [0.2, 0.25) is 0 Å². The van der Waals surface area contributed by atoms with Gasteiger partial charge in [-0.3, -0.25) is 9.59 Å². The van der Waals surface area contributed by atoms with Crippen molar-refractivity contribution < 1.29 is 14.7 Å². The van der Waals surface area contributed by atoms with Crippen molar-refractivity contribution in [3.8, 4) is 0 Å². The summed E-state index contributed by atoms with van der Waals surface area (Å²) in [6.45, 7) is 1.38. The molecule has 0 bridgehead atoms. The maximum Gasteiger partial charge on any atom is 0.322 e. The standard InChI is InChI=1S/C9H12N4O3/c1-6-2-3-7(13-12-6)10-4-8(14)11-5-9(15)16/h2-3H,4-5H2,1H3,(H,10,13)(H,11,14)(H,15,16). The number of carbonyl (C=O) groups excluding carboxylic acids is 1. The summed E-state index contributed by atoms with van der Waals surface area (Å²) in [7, 11) is 0. The van der Waals surface area contributed by atoms with Crippen LogP contribution in [0.15, 0.2) is 12.1 Å². The van der Waals surface area contributed by atoms with Crippen LogP contribution in [0.5, 0.6) is 0 Å². The van der Waals surface area contributed by atoms with E-state index in [9.17, 15) is 9.59 Å². The molecule has 0 aliphatic rings. The molecule has 86 valence electrons. The Kier molecular flexibility index (Phi) is 4.19. The van der Waals surface area contributed by atoms with Gasteiger partial charge in [0.05, 0.1) is 12.2 Å². The molecule has 1 heterocycles. The Morgan fingerprint density at radius 3 is 2.62 bits per heavy atom. The molecule has 0 fully saturated rings. The van der Waals surface area contributed by atoms with Crippen molar-refractivity contribution in [2.75, 3.05) is 18.4 Å². The van der Waals surface area contributed by atoms with E-state index in [4.69, 9.17) is 5.11 Å². The normalized spacial score (nSPS) is 9.56. The first-order valence-electron chi connectivity index (χ1n) is 4.60. The molecule has 3 N–H and O–H groups in total. The summed E-state index contributed by atoms with van der Waals surface area (Å²) in [5.41, 5.74) is 0.779. The van der Waals surface area contributed by atoms with Crippen molar-refractivity contribution in [3.05, 3.63) is 17.8 Å². The maximum atomic E-state index is 11.1. The van der Waals surface area contributed by atoms with Crippen molar-refractivity contribution in [3.63, 3.8) is 0 Å². The van der Waals surface area contributed by atoms with Gasteiger partial charge in [-0.05, 0) is 19.1 Å². The van der Waals surface area contributed by atoms with E-state index in [-0.39, 0.29) is 13.1 Å². The molecule has 7 nitrogen and oxygen atoms in total. The molecule has 7 heteroatoms. The van der Waals surface area contributed by atoms with Gasteiger partial charge in [0.25, 0.3) is 0 Å². The van der Waals surface area contributed by atoms with Crippen LogP contribution >= 0.6 is 0 Å². The van der Waals surface area contributed by atoms with Crippen LogP contribution in [0, 0.1) is 6.92 Å². The molecule has 0 aromatic carbocycles. The van der Waals surface area contributed by atoms with Crippen molar-refractivity contribution >= 4 is 17.7 Å². The van der Waals surface area contributed by atoms with Crippen LogP contribution in [-0.4, -0.2) is 40.3 Å². The highest BCUT2D eigenvalue weighted by Crippen LogP contribution is 1.99. The Morgan fingerprint density at radius 1 is 1.31 bits per heavy atom. The van der Waals surface area contributed by atoms with Crippen molar-refractivity contribution in [2.24, 2.45) is 0 Å². The summed E-state index contributed by atoms with van der Waals surface area (Å²) in [4.78, 5) is 21.3. The number of nitrogens with one attached hydrogen (secondary N) is 2. The van der Waals surface area contributed by atoms with Crippen LogP contribution in [0.4, 0.5) is 5.82 Å². The first kappa shape index (κ1) is 11.9. The van der Waals surface area contributed by atoms with Crippen molar-refractivity contribution in [1.82, 2.24) is 15.5 Å². The summed E-state index contributed by atoms with van der Waals surface area (Å²) < 4.78 is 0. The zero-order valence-corrected chi connectivity index (χ0v) is 8.73. The van der Waals surface area contributed by atoms with Gasteiger partial charge in [0, 0.05) is 0 Å². The molecule has 0 atom stereocenters. The van der Waals surface area contributed by atoms with Crippen LogP contribution < -0.4 is 10.6 Å². The Labute approximate surface area is 91.9 Å². The van der Waals surface area contributed by atoms with Gasteiger partial charge in [-0.15, -0.1) is 5.10 Å². The summed E-state index contributed by atoms with van der Waals surface area (Å²) in [6.07, 6.45) is 0. The topological polar surface area (TPSA) is 104 Å². The zero-order valence-electron chi connectivity index (χ0n) is 8.73. The number of carboxylic acid groups (broad SMARTS) is 1. The highest BCUT2D eigenvalue weighted by Gasteiger charge is 2.03. The minimum absolute atomic E-state index is 0.0367. The lowest BCUT2D eigenvalue weighted by Gasteiger charge is -2.04. The molecule has 0 unspecified atom stereocenters. The molecule has 0 aliphatic heterocycles. The minimum Gasteiger partial charge on any atom is -0.480 e. The number of aromatic nitrogens is 2. The van der Waals surface area contributed by atoms with E-state index in [2.05, 4.69) is 20.8 Å². The fourth-order valence-corrected chi connectivity index (χ4v) is 0.901. The fraction of sp³-hybridized carbons (Fsp3) is 0.333. The molecular weight excluding hydrogens is 212 g/mol. The molecule has 1 aromatic heterocycles. The molecule has 1 aromatic rings. The highest BCUT2D eigenvalue weighted by atomic mass is 16.4. The third-order valence-corrected chi connectivity index (χ3v) is 1.66. The van der Waals surface area contributed by atoms with E-state index < -0.39 is 11.9 Å². The average Bonchev–Trinajstić information content (AvgIpc) is 2.25. The van der Waals surface area contributed by atoms with Crippen LogP contribution in [0.25, 0.3) is 0 Å². The first-order chi connectivity index (χ1) is 7.58. The smallest absolute Gasteiger partial charge is 0.322 e. The van der Waals surface area contributed by atoms with E-state index >= 15 is 0 Å². The van der Waals surface area contributed by atoms with Crippen molar-refractivity contribution in [1.29, 1.82) is 0 Å². The Balaban J connectivity index is 2.31. The number of rotatable bonds is 5. The third-order valence-electron chi connectivity index (χ3n) is 1.66. The molecule has 0 aliphatic carbocycles. The van der Waals surface area contributed by atoms with E-state index in [1.165, 1.54) is 0 Å². The largest absolute Gasteiger partial charge is 0.480 e. The Hall–Kier alpha value is -2.18. The quantitative estimate of drug-likeness (QED) is 0.616. The molecule has 1 amide bonds. The lowest BCUT2D eigenvalue weighted by atomic mass is 10.4. The number of carbonyl (C=O) groups is 2. The molecule has 0 saturated heterocycles. The summed E-state index contributed by atoms with van der Waals surface area (Å²) in [5, 5.41) is 20.8. The number of anilines is 1. The van der Waals surface area contributed by atoms with Gasteiger partial charge in [-0.1, -0.05) is 0 Å². The van der Waals surface area contributed by atoms with E-state index in [1.54, 1.807) is 19.1 Å². The van der Waals surface area contributed by atoms with Gasteiger partial charge in [0.2, 0.25) is 5.91 Å². The lowest BCUT2D eigenvalue weighted by Crippen LogP contribution is -2.34. The zero-order chi connectivity index (χ0) is 12.0. The highest BCUT2D eigenvalue weighted by molar-refractivity contribution is 5.84. The van der Waals surface area contributed by atoms with E-state index in [0.29, 0.717) is 5.82 Å². The molecule has 1 rings (SSSR count). The second-order valence-corrected chi connectivity index (χ2v) is 3.08. The Bertz CT molecular complexity index is 377. The van der Waals surface area contributed by atoms with Gasteiger partial charge < -0.3 is 15.7 Å². The molecule has 0 spiro atoms. The predicted octanol–water partition coefficient (Wildman–Crippen LogP) is -0.602. The van der Waals surface area contributed by atoms with Crippen LogP contribution in [0.1, 0.15) is 5.69 Å². The number of amides is 1. The number of aliphatic carboxylic acids is 1. The number of carboxylic acids is 1. The summed E-state index contributed by atoms with van der Waals surface area (Å²) >= 11 is 0. The predicted molar refractivity (Wildman–Crippen MR) is 55.9 cm³/mol. The summed E-state index contributed by atoms with van der Waals surface area (Å²) in [5.74, 6) is -1.02. The monoisotopic (exact) mass is 224 g/mol.